The molecule has 0 aliphatic rings. The lowest BCUT2D eigenvalue weighted by Crippen LogP contribution is -1.58. The fraction of sp³-hybridized carbons (Fsp3) is 0.167. The largest absolute Gasteiger partial charge is 0.502 e. The fourth-order valence-electron chi connectivity index (χ4n) is 0.313. The van der Waals surface area contributed by atoms with Crippen LogP contribution < -0.4 is 0 Å². The van der Waals surface area contributed by atoms with Crippen LogP contribution in [0.4, 0.5) is 0 Å². The molecule has 0 radical (unpaired) electrons. The molecule has 1 unspecified atom stereocenters. The van der Waals surface area contributed by atoms with Gasteiger partial charge in [-0.1, -0.05) is 6.07 Å². The smallest absolute Gasteiger partial charge is 0.265 e. The van der Waals surface area contributed by atoms with E-state index >= 15 is 0 Å². The van der Waals surface area contributed by atoms with Crippen LogP contribution in [-0.4, -0.2) is 16.5 Å². The summed E-state index contributed by atoms with van der Waals surface area (Å²) < 4.78 is 9.15. The first-order valence-electron chi connectivity index (χ1n) is 2.68. The second-order valence-electron chi connectivity index (χ2n) is 1.49. The predicted molar refractivity (Wildman–Crippen MR) is 40.0 cm³/mol. The molecule has 1 rings (SSSR count). The van der Waals surface area contributed by atoms with E-state index in [0.717, 1.165) is 0 Å². The summed E-state index contributed by atoms with van der Waals surface area (Å²) in [5.74, 6) is 0. The topological polar surface area (TPSA) is 50.2 Å². The minimum Gasteiger partial charge on any atom is -0.265 e. The Hall–Kier alpha value is -0.790. The van der Waals surface area contributed by atoms with Gasteiger partial charge >= 0.3 is 8.03 Å². The van der Waals surface area contributed by atoms with Gasteiger partial charge in [-0.3, -0.25) is 4.98 Å². The van der Waals surface area contributed by atoms with E-state index in [4.69, 9.17) is 9.46 Å². The van der Waals surface area contributed by atoms with E-state index < -0.39 is 8.03 Å². The molecule has 10 heavy (non-hydrogen) atoms. The first-order chi connectivity index (χ1) is 4.73. The summed E-state index contributed by atoms with van der Waals surface area (Å²) in [6.45, 7) is 1.23. The highest BCUT2D eigenvalue weighted by Gasteiger charge is 1.86. The monoisotopic (exact) mass is 158 g/mol. The maximum Gasteiger partial charge on any atom is 0.502 e. The van der Waals surface area contributed by atoms with Crippen LogP contribution in [0.3, 0.4) is 0 Å². The van der Waals surface area contributed by atoms with E-state index in [9.17, 15) is 0 Å². The summed E-state index contributed by atoms with van der Waals surface area (Å²) in [6.07, 6.45) is 3.50. The molecule has 0 bridgehead atoms. The highest BCUT2D eigenvalue weighted by Crippen LogP contribution is 1.99. The van der Waals surface area contributed by atoms with Crippen LogP contribution in [0.5, 0.6) is 0 Å². The van der Waals surface area contributed by atoms with Crippen molar-refractivity contribution in [1.29, 1.82) is 0 Å². The average molecular weight is 158 g/mol. The van der Waals surface area contributed by atoms with E-state index in [-0.39, 0.29) is 0 Å². The minimum atomic E-state index is -1.87. The Morgan fingerprint density at radius 3 is 1.80 bits per heavy atom. The lowest BCUT2D eigenvalue weighted by molar-refractivity contribution is 0.509. The van der Waals surface area contributed by atoms with Crippen molar-refractivity contribution in [2.24, 2.45) is 0 Å². The van der Waals surface area contributed by atoms with Crippen LogP contribution in [0.25, 0.3) is 0 Å². The summed E-state index contributed by atoms with van der Waals surface area (Å²) in [5, 5.41) is 0. The SMILES string of the molecule is C[P+](=O)O.c1ccncc1. The molecule has 3 nitrogen and oxygen atoms in total. The van der Waals surface area contributed by atoms with Crippen molar-refractivity contribution in [3.63, 3.8) is 0 Å². The third-order valence-electron chi connectivity index (χ3n) is 0.566. The lowest BCUT2D eigenvalue weighted by Gasteiger charge is -1.70. The molecule has 0 aliphatic carbocycles. The average Bonchev–Trinajstić information content (AvgIpc) is 1.90. The Kier molecular flexibility index (Phi) is 5.83. The maximum atomic E-state index is 9.15. The first-order valence-corrected chi connectivity index (χ1v) is 4.34. The van der Waals surface area contributed by atoms with Gasteiger partial charge in [-0.15, -0.1) is 0 Å². The summed E-state index contributed by atoms with van der Waals surface area (Å²) in [5.41, 5.74) is 0. The van der Waals surface area contributed by atoms with Crippen molar-refractivity contribution in [1.82, 2.24) is 4.98 Å². The van der Waals surface area contributed by atoms with Crippen LogP contribution in [0.15, 0.2) is 30.6 Å². The van der Waals surface area contributed by atoms with Crippen LogP contribution in [0, 0.1) is 0 Å². The number of aromatic nitrogens is 1. The van der Waals surface area contributed by atoms with Gasteiger partial charge < -0.3 is 0 Å². The molecule has 1 atom stereocenters. The molecule has 0 amide bonds. The van der Waals surface area contributed by atoms with E-state index in [1.54, 1.807) is 12.4 Å². The molecule has 0 saturated carbocycles. The molecule has 1 N–H and O–H groups in total. The minimum absolute atomic E-state index is 1.23. The van der Waals surface area contributed by atoms with Gasteiger partial charge in [0, 0.05) is 12.4 Å². The van der Waals surface area contributed by atoms with Crippen LogP contribution >= 0.6 is 8.03 Å². The van der Waals surface area contributed by atoms with E-state index in [1.807, 2.05) is 18.2 Å². The third-order valence-corrected chi connectivity index (χ3v) is 0.566. The van der Waals surface area contributed by atoms with Crippen molar-refractivity contribution in [3.05, 3.63) is 30.6 Å². The molecule has 4 heteroatoms. The highest BCUT2D eigenvalue weighted by molar-refractivity contribution is 7.36. The van der Waals surface area contributed by atoms with E-state index in [1.165, 1.54) is 6.66 Å². The third kappa shape index (κ3) is 10.2. The molecule has 54 valence electrons. The molecule has 0 fully saturated rings. The summed E-state index contributed by atoms with van der Waals surface area (Å²) >= 11 is 0. The molecular formula is C6H9NO2P+. The molecular weight excluding hydrogens is 149 g/mol. The first kappa shape index (κ1) is 9.21. The number of pyridine rings is 1. The normalized spacial score (nSPS) is 9.20. The highest BCUT2D eigenvalue weighted by atomic mass is 31.1. The Balaban J connectivity index is 0.000000180. The lowest BCUT2D eigenvalue weighted by atomic mass is 10.5. The standard InChI is InChI=1S/C5H5N.CH3O2P/c1-2-4-6-5-3-1;1-4(2)3/h1-5H;1H3/p+1. The van der Waals surface area contributed by atoms with Crippen molar-refractivity contribution in [2.45, 2.75) is 0 Å². The molecule has 0 aliphatic heterocycles. The summed E-state index contributed by atoms with van der Waals surface area (Å²) in [7, 11) is -1.87. The van der Waals surface area contributed by atoms with Gasteiger partial charge in [-0.25, -0.2) is 0 Å². The van der Waals surface area contributed by atoms with E-state index in [0.29, 0.717) is 0 Å². The fourth-order valence-corrected chi connectivity index (χ4v) is 0.313. The summed E-state index contributed by atoms with van der Waals surface area (Å²) in [6, 6.07) is 5.72. The van der Waals surface area contributed by atoms with Gasteiger partial charge in [0.15, 0.2) is 6.66 Å². The second kappa shape index (κ2) is 6.33. The Morgan fingerprint density at radius 2 is 1.70 bits per heavy atom. The molecule has 0 aromatic carbocycles. The Bertz CT molecular complexity index is 148. The Labute approximate surface area is 60.6 Å². The molecule has 1 aromatic rings. The molecule has 0 spiro atoms. The zero-order valence-corrected chi connectivity index (χ0v) is 6.53. The number of hydrogen-bond donors (Lipinski definition) is 1. The molecule has 1 heterocycles. The quantitative estimate of drug-likeness (QED) is 0.581. The zero-order chi connectivity index (χ0) is 7.82. The zero-order valence-electron chi connectivity index (χ0n) is 5.64. The molecule has 0 saturated heterocycles. The van der Waals surface area contributed by atoms with Crippen molar-refractivity contribution in [2.75, 3.05) is 6.66 Å². The maximum absolute atomic E-state index is 9.15. The van der Waals surface area contributed by atoms with Crippen molar-refractivity contribution in [3.8, 4) is 0 Å². The van der Waals surface area contributed by atoms with Crippen molar-refractivity contribution < 1.29 is 9.46 Å². The van der Waals surface area contributed by atoms with Gasteiger partial charge in [-0.05, 0) is 16.7 Å². The van der Waals surface area contributed by atoms with Crippen LogP contribution in [-0.2, 0) is 4.57 Å². The van der Waals surface area contributed by atoms with Gasteiger partial charge in [0.05, 0.1) is 0 Å². The van der Waals surface area contributed by atoms with Crippen LogP contribution in [0.2, 0.25) is 0 Å². The predicted octanol–water partition coefficient (Wildman–Crippen LogP) is 1.43. The Morgan fingerprint density at radius 1 is 1.30 bits per heavy atom. The van der Waals surface area contributed by atoms with Gasteiger partial charge in [-0.2, -0.15) is 4.89 Å². The number of nitrogens with zero attached hydrogens (tertiary/aromatic N) is 1. The van der Waals surface area contributed by atoms with Gasteiger partial charge in [0.25, 0.3) is 0 Å². The van der Waals surface area contributed by atoms with Gasteiger partial charge in [0.1, 0.15) is 0 Å². The summed E-state index contributed by atoms with van der Waals surface area (Å²) in [4.78, 5) is 11.3. The van der Waals surface area contributed by atoms with E-state index in [2.05, 4.69) is 4.98 Å². The van der Waals surface area contributed by atoms with Gasteiger partial charge in [0.2, 0.25) is 0 Å². The molecule has 1 aromatic heterocycles. The number of hydrogen-bond acceptors (Lipinski definition) is 2. The van der Waals surface area contributed by atoms with Crippen LogP contribution in [0.1, 0.15) is 0 Å². The number of rotatable bonds is 0. The second-order valence-corrected chi connectivity index (χ2v) is 2.42. The van der Waals surface area contributed by atoms with Crippen molar-refractivity contribution >= 4 is 8.03 Å².